The van der Waals surface area contributed by atoms with Gasteiger partial charge >= 0.3 is 0 Å². The maximum atomic E-state index is 12.2. The fourth-order valence-corrected chi connectivity index (χ4v) is 2.35. The molecule has 0 N–H and O–H groups in total. The normalized spacial score (nSPS) is 12.3. The number of nitrogens with zero attached hydrogens (tertiary/aromatic N) is 5. The van der Waals surface area contributed by atoms with Crippen LogP contribution in [0.5, 0.6) is 0 Å². The molecule has 0 aliphatic rings. The van der Waals surface area contributed by atoms with Gasteiger partial charge in [0, 0.05) is 75.8 Å². The summed E-state index contributed by atoms with van der Waals surface area (Å²) in [5, 5.41) is 1.60. The number of benzene rings is 1. The molecule has 0 bridgehead atoms. The zero-order valence-electron chi connectivity index (χ0n) is 13.9. The minimum Gasteiger partial charge on any atom is -0.359 e. The van der Waals surface area contributed by atoms with Gasteiger partial charge in [-0.1, -0.05) is 37.3 Å². The third kappa shape index (κ3) is 3.98. The van der Waals surface area contributed by atoms with E-state index in [1.807, 2.05) is 37.3 Å². The van der Waals surface area contributed by atoms with E-state index in [4.69, 9.17) is 4.84 Å². The number of rotatable bonds is 5. The van der Waals surface area contributed by atoms with E-state index in [1.54, 1.807) is 29.9 Å². The van der Waals surface area contributed by atoms with Crippen LogP contribution >= 0.6 is 0 Å². The van der Waals surface area contributed by atoms with E-state index in [0.29, 0.717) is 23.6 Å². The van der Waals surface area contributed by atoms with E-state index in [2.05, 4.69) is 15.0 Å². The van der Waals surface area contributed by atoms with Crippen LogP contribution in [0.15, 0.2) is 41.3 Å². The molecule has 123 valence electrons. The van der Waals surface area contributed by atoms with Crippen LogP contribution in [0.25, 0.3) is 22.6 Å². The fraction of sp³-hybridized carbons (Fsp3) is 0.312. The number of hydrogen-bond acceptors (Lipinski definition) is 5. The molecule has 1 unspecified atom stereocenters. The van der Waals surface area contributed by atoms with Gasteiger partial charge in [0.15, 0.2) is 0 Å². The van der Waals surface area contributed by atoms with Crippen molar-refractivity contribution in [1.82, 2.24) is 24.6 Å². The van der Waals surface area contributed by atoms with Crippen molar-refractivity contribution in [3.05, 3.63) is 47.0 Å². The molecule has 2 aromatic heterocycles. The molecule has 3 aromatic rings. The Bertz CT molecular complexity index is 860. The topological polar surface area (TPSA) is 74.3 Å². The van der Waals surface area contributed by atoms with Crippen LogP contribution < -0.4 is 10.7 Å². The molecule has 0 amide bonds. The molecule has 24 heavy (non-hydrogen) atoms. The Hall–Kier alpha value is -1.41. The molecule has 2 heterocycles. The first-order chi connectivity index (χ1) is 11.1. The molecule has 1 aromatic carbocycles. The van der Waals surface area contributed by atoms with Crippen LogP contribution in [-0.2, 0) is 37.5 Å². The number of hydroxylamine groups is 2. The van der Waals surface area contributed by atoms with E-state index in [1.165, 1.54) is 0 Å². The summed E-state index contributed by atoms with van der Waals surface area (Å²) in [5.41, 5.74) is 1.57. The SMILES string of the molecule is CC(CON(C)C)n1c(=O)[n-]c2nc(-c3ccccc3)ncc21.[Y]. The molecule has 0 aliphatic heterocycles. The number of imidazole rings is 1. The van der Waals surface area contributed by atoms with E-state index in [-0.39, 0.29) is 44.4 Å². The summed E-state index contributed by atoms with van der Waals surface area (Å²) in [4.78, 5) is 30.4. The van der Waals surface area contributed by atoms with Crippen LogP contribution in [0, 0.1) is 0 Å². The van der Waals surface area contributed by atoms with Crippen molar-refractivity contribution in [2.45, 2.75) is 13.0 Å². The van der Waals surface area contributed by atoms with Crippen LogP contribution in [-0.4, -0.2) is 40.3 Å². The molecular formula is C16H18N5O2Y-. The van der Waals surface area contributed by atoms with E-state index >= 15 is 0 Å². The van der Waals surface area contributed by atoms with Gasteiger partial charge < -0.3 is 14.5 Å². The van der Waals surface area contributed by atoms with Crippen molar-refractivity contribution in [1.29, 1.82) is 0 Å². The maximum Gasteiger partial charge on any atom is 0.223 e. The van der Waals surface area contributed by atoms with Crippen LogP contribution in [0.1, 0.15) is 13.0 Å². The Morgan fingerprint density at radius 2 is 2.00 bits per heavy atom. The monoisotopic (exact) mass is 401 g/mol. The fourth-order valence-electron chi connectivity index (χ4n) is 2.35. The third-order valence-corrected chi connectivity index (χ3v) is 3.46. The van der Waals surface area contributed by atoms with Gasteiger partial charge in [0.05, 0.1) is 12.4 Å². The summed E-state index contributed by atoms with van der Waals surface area (Å²) in [6, 6.07) is 9.44. The quantitative estimate of drug-likeness (QED) is 0.603. The zero-order chi connectivity index (χ0) is 16.4. The first-order valence-corrected chi connectivity index (χ1v) is 7.34. The predicted molar refractivity (Wildman–Crippen MR) is 86.9 cm³/mol. The molecule has 0 aliphatic carbocycles. The summed E-state index contributed by atoms with van der Waals surface area (Å²) in [5.74, 6) is 0.556. The summed E-state index contributed by atoms with van der Waals surface area (Å²) < 4.78 is 1.56. The Balaban J connectivity index is 0.00000208. The standard InChI is InChI=1S/C16H19N5O2.Y/c1-11(10-23-20(2)3)21-13-9-17-14(12-7-5-4-6-8-12)18-15(13)19-16(21)22;/h4-9,11H,10H2,1-3H3,(H,17,18,19,22);/p-1. The molecule has 8 heteroatoms. The van der Waals surface area contributed by atoms with Gasteiger partial charge in [-0.2, -0.15) is 5.06 Å². The Morgan fingerprint density at radius 1 is 1.29 bits per heavy atom. The second kappa shape index (κ2) is 8.11. The van der Waals surface area contributed by atoms with Gasteiger partial charge in [-0.3, -0.25) is 14.6 Å². The van der Waals surface area contributed by atoms with Crippen molar-refractivity contribution in [3.63, 3.8) is 0 Å². The van der Waals surface area contributed by atoms with Crippen molar-refractivity contribution >= 4 is 11.2 Å². The maximum absolute atomic E-state index is 12.2. The van der Waals surface area contributed by atoms with Crippen LogP contribution in [0.4, 0.5) is 0 Å². The largest absolute Gasteiger partial charge is 0.359 e. The minimum atomic E-state index is -0.339. The van der Waals surface area contributed by atoms with Crippen molar-refractivity contribution in [2.24, 2.45) is 0 Å². The van der Waals surface area contributed by atoms with E-state index in [9.17, 15) is 4.79 Å². The minimum absolute atomic E-state index is 0. The third-order valence-electron chi connectivity index (χ3n) is 3.46. The molecular weight excluding hydrogens is 383 g/mol. The Morgan fingerprint density at radius 3 is 2.67 bits per heavy atom. The summed E-state index contributed by atoms with van der Waals surface area (Å²) >= 11 is 0. The Kier molecular flexibility index (Phi) is 6.40. The average molecular weight is 401 g/mol. The van der Waals surface area contributed by atoms with Gasteiger partial charge in [-0.25, -0.2) is 0 Å². The van der Waals surface area contributed by atoms with Crippen molar-refractivity contribution in [2.75, 3.05) is 20.7 Å². The summed E-state index contributed by atoms with van der Waals surface area (Å²) in [6.07, 6.45) is 1.64. The predicted octanol–water partition coefficient (Wildman–Crippen LogP) is 1.47. The molecule has 0 spiro atoms. The molecule has 1 atom stereocenters. The number of hydrogen-bond donors (Lipinski definition) is 0. The first kappa shape index (κ1) is 18.9. The second-order valence-electron chi connectivity index (χ2n) is 5.49. The molecule has 0 fully saturated rings. The van der Waals surface area contributed by atoms with Gasteiger partial charge in [0.25, 0.3) is 0 Å². The molecule has 0 saturated heterocycles. The average Bonchev–Trinajstić information content (AvgIpc) is 2.88. The van der Waals surface area contributed by atoms with Crippen molar-refractivity contribution < 1.29 is 37.5 Å². The molecule has 0 saturated carbocycles. The van der Waals surface area contributed by atoms with E-state index in [0.717, 1.165) is 5.56 Å². The Labute approximate surface area is 164 Å². The zero-order valence-corrected chi connectivity index (χ0v) is 16.7. The summed E-state index contributed by atoms with van der Waals surface area (Å²) in [6.45, 7) is 2.27. The molecule has 3 rings (SSSR count). The summed E-state index contributed by atoms with van der Waals surface area (Å²) in [7, 11) is 3.60. The van der Waals surface area contributed by atoms with Gasteiger partial charge in [0.1, 0.15) is 0 Å². The van der Waals surface area contributed by atoms with Gasteiger partial charge in [-0.05, 0) is 0 Å². The van der Waals surface area contributed by atoms with Gasteiger partial charge in [0.2, 0.25) is 5.69 Å². The number of aromatic nitrogens is 4. The first-order valence-electron chi connectivity index (χ1n) is 7.34. The second-order valence-corrected chi connectivity index (χ2v) is 5.49. The van der Waals surface area contributed by atoms with Crippen molar-refractivity contribution in [3.8, 4) is 11.4 Å². The smallest absolute Gasteiger partial charge is 0.223 e. The number of fused-ring (bicyclic) bond motifs is 1. The molecule has 7 nitrogen and oxygen atoms in total. The van der Waals surface area contributed by atoms with Gasteiger partial charge in [-0.15, -0.1) is 0 Å². The molecule has 1 radical (unpaired) electrons. The van der Waals surface area contributed by atoms with E-state index < -0.39 is 0 Å². The van der Waals surface area contributed by atoms with Crippen LogP contribution in [0.3, 0.4) is 0 Å². The van der Waals surface area contributed by atoms with Crippen LogP contribution in [0.2, 0.25) is 0 Å².